The van der Waals surface area contributed by atoms with Crippen LogP contribution in [0.4, 0.5) is 5.69 Å². The fourth-order valence-electron chi connectivity index (χ4n) is 2.76. The van der Waals surface area contributed by atoms with Gasteiger partial charge in [0, 0.05) is 20.6 Å². The maximum Gasteiger partial charge on any atom is 0.268 e. The van der Waals surface area contributed by atoms with Gasteiger partial charge in [-0.3, -0.25) is 9.59 Å². The van der Waals surface area contributed by atoms with Crippen LogP contribution in [0.2, 0.25) is 0 Å². The second kappa shape index (κ2) is 6.74. The molecule has 1 unspecified atom stereocenters. The average Bonchev–Trinajstić information content (AvgIpc) is 2.60. The molecule has 0 radical (unpaired) electrons. The van der Waals surface area contributed by atoms with Crippen molar-refractivity contribution in [1.82, 2.24) is 4.90 Å². The molecular formula is C19H20N2O3. The lowest BCUT2D eigenvalue weighted by molar-refractivity contribution is -0.137. The number of para-hydroxylation sites is 2. The molecule has 1 atom stereocenters. The molecule has 0 fully saturated rings. The number of hydrogen-bond donors (Lipinski definition) is 0. The van der Waals surface area contributed by atoms with Gasteiger partial charge in [-0.05, 0) is 17.7 Å². The molecule has 0 spiro atoms. The Bertz CT molecular complexity index is 745. The lowest BCUT2D eigenvalue weighted by atomic mass is 10.1. The number of hydrogen-bond acceptors (Lipinski definition) is 3. The van der Waals surface area contributed by atoms with E-state index in [1.165, 1.54) is 0 Å². The Kier molecular flexibility index (Phi) is 4.51. The third kappa shape index (κ3) is 3.25. The van der Waals surface area contributed by atoms with Gasteiger partial charge in [-0.2, -0.15) is 0 Å². The molecular weight excluding hydrogens is 304 g/mol. The Labute approximate surface area is 141 Å². The second-order valence-corrected chi connectivity index (χ2v) is 5.91. The van der Waals surface area contributed by atoms with Crippen molar-refractivity contribution in [3.8, 4) is 5.75 Å². The number of anilines is 1. The number of carbonyl (C=O) groups is 2. The highest BCUT2D eigenvalue weighted by Crippen LogP contribution is 2.33. The van der Waals surface area contributed by atoms with Crippen LogP contribution in [0.15, 0.2) is 54.6 Å². The molecule has 1 aliphatic rings. The molecule has 3 rings (SSSR count). The van der Waals surface area contributed by atoms with E-state index in [-0.39, 0.29) is 18.2 Å². The van der Waals surface area contributed by atoms with Crippen LogP contribution in [0, 0.1) is 0 Å². The molecule has 0 aromatic heterocycles. The molecule has 0 saturated carbocycles. The number of rotatable bonds is 4. The number of amides is 2. The van der Waals surface area contributed by atoms with E-state index in [9.17, 15) is 9.59 Å². The fraction of sp³-hybridized carbons (Fsp3) is 0.263. The first-order chi connectivity index (χ1) is 11.6. The molecule has 2 aromatic rings. The van der Waals surface area contributed by atoms with Crippen LogP contribution in [0.1, 0.15) is 12.0 Å². The van der Waals surface area contributed by atoms with Crippen LogP contribution in [0.3, 0.4) is 0 Å². The molecule has 2 amide bonds. The van der Waals surface area contributed by atoms with Crippen molar-refractivity contribution in [2.75, 3.05) is 19.0 Å². The van der Waals surface area contributed by atoms with Crippen LogP contribution in [-0.4, -0.2) is 36.9 Å². The Morgan fingerprint density at radius 1 is 1.12 bits per heavy atom. The summed E-state index contributed by atoms with van der Waals surface area (Å²) in [5, 5.41) is 0. The summed E-state index contributed by atoms with van der Waals surface area (Å²) in [5.41, 5.74) is 1.77. The second-order valence-electron chi connectivity index (χ2n) is 5.91. The van der Waals surface area contributed by atoms with Gasteiger partial charge in [0.25, 0.3) is 5.91 Å². The Hall–Kier alpha value is -2.82. The molecule has 24 heavy (non-hydrogen) atoms. The van der Waals surface area contributed by atoms with Gasteiger partial charge in [0.1, 0.15) is 5.75 Å². The highest BCUT2D eigenvalue weighted by atomic mass is 16.5. The largest absolute Gasteiger partial charge is 0.478 e. The maximum absolute atomic E-state index is 12.5. The predicted molar refractivity (Wildman–Crippen MR) is 91.8 cm³/mol. The summed E-state index contributed by atoms with van der Waals surface area (Å²) in [6.07, 6.45) is -0.753. The summed E-state index contributed by atoms with van der Waals surface area (Å²) in [6.45, 7) is 0.507. The van der Waals surface area contributed by atoms with E-state index < -0.39 is 6.10 Å². The zero-order valence-corrected chi connectivity index (χ0v) is 13.8. The molecule has 2 aromatic carbocycles. The van der Waals surface area contributed by atoms with Gasteiger partial charge in [0.2, 0.25) is 5.91 Å². The Morgan fingerprint density at radius 3 is 2.54 bits per heavy atom. The first kappa shape index (κ1) is 16.1. The molecule has 0 N–H and O–H groups in total. The Balaban J connectivity index is 1.67. The minimum absolute atomic E-state index is 0.0286. The van der Waals surface area contributed by atoms with Gasteiger partial charge in [0.15, 0.2) is 6.10 Å². The maximum atomic E-state index is 12.5. The molecule has 124 valence electrons. The van der Waals surface area contributed by atoms with E-state index in [1.54, 1.807) is 23.9 Å². The summed E-state index contributed by atoms with van der Waals surface area (Å²) >= 11 is 0. The normalized spacial score (nSPS) is 16.3. The molecule has 0 saturated heterocycles. The van der Waals surface area contributed by atoms with Gasteiger partial charge < -0.3 is 14.5 Å². The number of carbonyl (C=O) groups excluding carboxylic acids is 2. The van der Waals surface area contributed by atoms with E-state index in [0.717, 1.165) is 11.3 Å². The third-order valence-electron chi connectivity index (χ3n) is 4.15. The summed E-state index contributed by atoms with van der Waals surface area (Å²) in [7, 11) is 3.44. The minimum Gasteiger partial charge on any atom is -0.478 e. The zero-order valence-electron chi connectivity index (χ0n) is 13.8. The summed E-state index contributed by atoms with van der Waals surface area (Å²) < 4.78 is 5.75. The fourth-order valence-corrected chi connectivity index (χ4v) is 2.76. The molecule has 0 aliphatic carbocycles. The van der Waals surface area contributed by atoms with E-state index in [4.69, 9.17) is 4.74 Å². The summed E-state index contributed by atoms with van der Waals surface area (Å²) in [5.74, 6) is 0.309. The van der Waals surface area contributed by atoms with Gasteiger partial charge in [0.05, 0.1) is 12.1 Å². The zero-order chi connectivity index (χ0) is 17.1. The number of likely N-dealkylation sites (N-methyl/N-ethyl adjacent to an activating group) is 1. The first-order valence-electron chi connectivity index (χ1n) is 7.87. The molecule has 5 heteroatoms. The molecule has 1 heterocycles. The standard InChI is InChI=1S/C19H20N2O3/c1-20(13-14-8-4-3-5-9-14)18(22)12-17-19(23)21(2)15-10-6-7-11-16(15)24-17/h3-11,17H,12-13H2,1-2H3. The highest BCUT2D eigenvalue weighted by molar-refractivity contribution is 6.01. The SMILES string of the molecule is CN(Cc1ccccc1)C(=O)CC1Oc2ccccc2N(C)C1=O. The smallest absolute Gasteiger partial charge is 0.268 e. The number of nitrogens with zero attached hydrogens (tertiary/aromatic N) is 2. The molecule has 1 aliphatic heterocycles. The summed E-state index contributed by atoms with van der Waals surface area (Å²) in [6, 6.07) is 17.1. The van der Waals surface area contributed by atoms with Crippen LogP contribution in [0.25, 0.3) is 0 Å². The van der Waals surface area contributed by atoms with Crippen molar-refractivity contribution in [3.63, 3.8) is 0 Å². The topological polar surface area (TPSA) is 49.9 Å². The van der Waals surface area contributed by atoms with Gasteiger partial charge in [-0.1, -0.05) is 42.5 Å². The number of ether oxygens (including phenoxy) is 1. The lowest BCUT2D eigenvalue weighted by Gasteiger charge is -2.32. The van der Waals surface area contributed by atoms with E-state index in [2.05, 4.69) is 0 Å². The first-order valence-corrected chi connectivity index (χ1v) is 7.87. The van der Waals surface area contributed by atoms with Crippen molar-refractivity contribution in [2.45, 2.75) is 19.1 Å². The van der Waals surface area contributed by atoms with Crippen LogP contribution in [0.5, 0.6) is 5.75 Å². The average molecular weight is 324 g/mol. The number of fused-ring (bicyclic) bond motifs is 1. The van der Waals surface area contributed by atoms with E-state index >= 15 is 0 Å². The van der Waals surface area contributed by atoms with Crippen molar-refractivity contribution >= 4 is 17.5 Å². The van der Waals surface area contributed by atoms with Crippen LogP contribution < -0.4 is 9.64 Å². The third-order valence-corrected chi connectivity index (χ3v) is 4.15. The van der Waals surface area contributed by atoms with Crippen LogP contribution >= 0.6 is 0 Å². The van der Waals surface area contributed by atoms with E-state index in [0.29, 0.717) is 12.3 Å². The van der Waals surface area contributed by atoms with Gasteiger partial charge >= 0.3 is 0 Å². The minimum atomic E-state index is -0.782. The number of benzene rings is 2. The van der Waals surface area contributed by atoms with Crippen molar-refractivity contribution in [3.05, 3.63) is 60.2 Å². The lowest BCUT2D eigenvalue weighted by Crippen LogP contribution is -2.46. The summed E-state index contributed by atoms with van der Waals surface area (Å²) in [4.78, 5) is 28.1. The van der Waals surface area contributed by atoms with Crippen molar-refractivity contribution < 1.29 is 14.3 Å². The van der Waals surface area contributed by atoms with Gasteiger partial charge in [-0.15, -0.1) is 0 Å². The van der Waals surface area contributed by atoms with Crippen molar-refractivity contribution in [1.29, 1.82) is 0 Å². The van der Waals surface area contributed by atoms with Crippen LogP contribution in [-0.2, 0) is 16.1 Å². The monoisotopic (exact) mass is 324 g/mol. The van der Waals surface area contributed by atoms with E-state index in [1.807, 2.05) is 54.6 Å². The molecule has 0 bridgehead atoms. The van der Waals surface area contributed by atoms with Crippen molar-refractivity contribution in [2.24, 2.45) is 0 Å². The van der Waals surface area contributed by atoms with Gasteiger partial charge in [-0.25, -0.2) is 0 Å². The molecule has 5 nitrogen and oxygen atoms in total. The highest BCUT2D eigenvalue weighted by Gasteiger charge is 2.34. The Morgan fingerprint density at radius 2 is 1.79 bits per heavy atom. The quantitative estimate of drug-likeness (QED) is 0.868. The predicted octanol–water partition coefficient (Wildman–Crippen LogP) is 2.46.